The molecule has 0 saturated heterocycles. The van der Waals surface area contributed by atoms with Crippen LogP contribution in [0, 0.1) is 11.8 Å². The SMILES string of the molecule is Nc1ccc2c(c1)nc(CO)n2C(C1CC1)C1CC1. The molecule has 0 bridgehead atoms. The van der Waals surface area contributed by atoms with E-state index in [-0.39, 0.29) is 6.61 Å². The second kappa shape index (κ2) is 3.97. The number of benzene rings is 1. The zero-order valence-electron chi connectivity index (χ0n) is 10.9. The number of rotatable bonds is 4. The van der Waals surface area contributed by atoms with E-state index < -0.39 is 0 Å². The van der Waals surface area contributed by atoms with Gasteiger partial charge < -0.3 is 15.4 Å². The van der Waals surface area contributed by atoms with E-state index in [0.29, 0.717) is 6.04 Å². The first-order chi connectivity index (χ1) is 9.28. The Morgan fingerprint density at radius 1 is 1.26 bits per heavy atom. The van der Waals surface area contributed by atoms with Gasteiger partial charge in [0.15, 0.2) is 0 Å². The molecule has 100 valence electrons. The Bertz CT molecular complexity index is 614. The maximum Gasteiger partial charge on any atom is 0.135 e. The number of nitrogen functional groups attached to an aromatic ring is 1. The summed E-state index contributed by atoms with van der Waals surface area (Å²) in [7, 11) is 0. The molecule has 2 aliphatic rings. The van der Waals surface area contributed by atoms with Gasteiger partial charge in [-0.1, -0.05) is 0 Å². The maximum atomic E-state index is 9.63. The second-order valence-electron chi connectivity index (χ2n) is 5.97. The number of aromatic nitrogens is 2. The van der Waals surface area contributed by atoms with Crippen LogP contribution in [0.2, 0.25) is 0 Å². The first-order valence-corrected chi connectivity index (χ1v) is 7.15. The van der Waals surface area contributed by atoms with E-state index >= 15 is 0 Å². The van der Waals surface area contributed by atoms with E-state index in [4.69, 9.17) is 5.73 Å². The van der Waals surface area contributed by atoms with Crippen molar-refractivity contribution in [2.45, 2.75) is 38.3 Å². The molecule has 0 aliphatic heterocycles. The van der Waals surface area contributed by atoms with Crippen molar-refractivity contribution < 1.29 is 5.11 Å². The Morgan fingerprint density at radius 2 is 1.95 bits per heavy atom. The largest absolute Gasteiger partial charge is 0.399 e. The van der Waals surface area contributed by atoms with Crippen LogP contribution in [0.1, 0.15) is 37.5 Å². The van der Waals surface area contributed by atoms with Crippen molar-refractivity contribution in [3.8, 4) is 0 Å². The number of hydrogen-bond acceptors (Lipinski definition) is 3. The van der Waals surface area contributed by atoms with Crippen LogP contribution in [0.5, 0.6) is 0 Å². The van der Waals surface area contributed by atoms with Gasteiger partial charge in [-0.2, -0.15) is 0 Å². The van der Waals surface area contributed by atoms with Crippen molar-refractivity contribution in [3.63, 3.8) is 0 Å². The lowest BCUT2D eigenvalue weighted by Crippen LogP contribution is -2.16. The molecule has 2 fully saturated rings. The third-order valence-corrected chi connectivity index (χ3v) is 4.44. The number of nitrogens with two attached hydrogens (primary N) is 1. The molecule has 2 aromatic rings. The van der Waals surface area contributed by atoms with Crippen molar-refractivity contribution >= 4 is 16.7 Å². The van der Waals surface area contributed by atoms with Gasteiger partial charge in [-0.3, -0.25) is 0 Å². The third kappa shape index (κ3) is 1.82. The van der Waals surface area contributed by atoms with Crippen molar-refractivity contribution in [1.82, 2.24) is 9.55 Å². The molecule has 0 radical (unpaired) electrons. The molecule has 1 aromatic carbocycles. The van der Waals surface area contributed by atoms with Gasteiger partial charge in [-0.15, -0.1) is 0 Å². The molecule has 4 heteroatoms. The molecule has 2 aliphatic carbocycles. The van der Waals surface area contributed by atoms with Crippen molar-refractivity contribution in [2.75, 3.05) is 5.73 Å². The highest BCUT2D eigenvalue weighted by Gasteiger charge is 2.43. The first-order valence-electron chi connectivity index (χ1n) is 7.15. The van der Waals surface area contributed by atoms with Crippen LogP contribution in [0.15, 0.2) is 18.2 Å². The summed E-state index contributed by atoms with van der Waals surface area (Å²) in [5.41, 5.74) is 8.60. The van der Waals surface area contributed by atoms with Crippen LogP contribution >= 0.6 is 0 Å². The molecule has 3 N–H and O–H groups in total. The number of nitrogens with zero attached hydrogens (tertiary/aromatic N) is 2. The number of fused-ring (bicyclic) bond motifs is 1. The lowest BCUT2D eigenvalue weighted by molar-refractivity contribution is 0.255. The Kier molecular flexibility index (Phi) is 2.36. The van der Waals surface area contributed by atoms with Crippen LogP contribution in [0.25, 0.3) is 11.0 Å². The first kappa shape index (κ1) is 11.3. The number of anilines is 1. The average molecular weight is 257 g/mol. The van der Waals surface area contributed by atoms with Gasteiger partial charge in [0.2, 0.25) is 0 Å². The molecule has 4 rings (SSSR count). The Balaban J connectivity index is 1.90. The van der Waals surface area contributed by atoms with Gasteiger partial charge in [-0.25, -0.2) is 4.98 Å². The highest BCUT2D eigenvalue weighted by atomic mass is 16.3. The van der Waals surface area contributed by atoms with Crippen LogP contribution in [-0.2, 0) is 6.61 Å². The standard InChI is InChI=1S/C15H19N3O/c16-11-5-6-13-12(7-11)17-14(8-19)18(13)15(9-1-2-9)10-3-4-10/h5-7,9-10,15,19H,1-4,8,16H2. The molecule has 0 amide bonds. The molecular weight excluding hydrogens is 238 g/mol. The van der Waals surface area contributed by atoms with Crippen molar-refractivity contribution in [2.24, 2.45) is 11.8 Å². The predicted molar refractivity (Wildman–Crippen MR) is 74.6 cm³/mol. The minimum atomic E-state index is 0.00449. The van der Waals surface area contributed by atoms with Crippen LogP contribution < -0.4 is 5.73 Å². The van der Waals surface area contributed by atoms with Gasteiger partial charge in [0, 0.05) is 11.7 Å². The zero-order valence-corrected chi connectivity index (χ0v) is 10.9. The number of hydrogen-bond donors (Lipinski definition) is 2. The fraction of sp³-hybridized carbons (Fsp3) is 0.533. The summed E-state index contributed by atoms with van der Waals surface area (Å²) in [6.45, 7) is 0.00449. The second-order valence-corrected chi connectivity index (χ2v) is 5.97. The topological polar surface area (TPSA) is 64.1 Å². The van der Waals surface area contributed by atoms with Crippen LogP contribution in [-0.4, -0.2) is 14.7 Å². The van der Waals surface area contributed by atoms with E-state index in [1.807, 2.05) is 12.1 Å². The summed E-state index contributed by atoms with van der Waals surface area (Å²) in [4.78, 5) is 4.57. The summed E-state index contributed by atoms with van der Waals surface area (Å²) < 4.78 is 2.30. The Hall–Kier alpha value is -1.55. The smallest absolute Gasteiger partial charge is 0.135 e. The van der Waals surface area contributed by atoms with E-state index in [0.717, 1.165) is 34.4 Å². The van der Waals surface area contributed by atoms with Gasteiger partial charge in [0.05, 0.1) is 11.0 Å². The molecule has 0 atom stereocenters. The fourth-order valence-electron chi connectivity index (χ4n) is 3.29. The molecular formula is C15H19N3O. The summed E-state index contributed by atoms with van der Waals surface area (Å²) in [5.74, 6) is 2.37. The monoisotopic (exact) mass is 257 g/mol. The molecule has 0 unspecified atom stereocenters. The highest BCUT2D eigenvalue weighted by Crippen LogP contribution is 2.53. The quantitative estimate of drug-likeness (QED) is 0.827. The molecule has 0 spiro atoms. The van der Waals surface area contributed by atoms with Gasteiger partial charge in [0.25, 0.3) is 0 Å². The normalized spacial score (nSPS) is 19.5. The zero-order chi connectivity index (χ0) is 13.0. The predicted octanol–water partition coefficient (Wildman–Crippen LogP) is 2.47. The van der Waals surface area contributed by atoms with Crippen LogP contribution in [0.4, 0.5) is 5.69 Å². The molecule has 1 aromatic heterocycles. The van der Waals surface area contributed by atoms with Crippen molar-refractivity contribution in [3.05, 3.63) is 24.0 Å². The molecule has 4 nitrogen and oxygen atoms in total. The summed E-state index contributed by atoms with van der Waals surface area (Å²) in [6, 6.07) is 6.42. The molecule has 2 saturated carbocycles. The van der Waals surface area contributed by atoms with E-state index in [2.05, 4.69) is 15.6 Å². The lowest BCUT2D eigenvalue weighted by Gasteiger charge is -2.21. The maximum absolute atomic E-state index is 9.63. The number of aliphatic hydroxyl groups is 1. The average Bonchev–Trinajstić information content (AvgIpc) is 3.28. The summed E-state index contributed by atoms with van der Waals surface area (Å²) in [5, 5.41) is 9.63. The van der Waals surface area contributed by atoms with Crippen LogP contribution in [0.3, 0.4) is 0 Å². The van der Waals surface area contributed by atoms with Gasteiger partial charge in [0.1, 0.15) is 12.4 Å². The fourth-order valence-corrected chi connectivity index (χ4v) is 3.29. The van der Waals surface area contributed by atoms with E-state index in [1.165, 1.54) is 25.7 Å². The minimum absolute atomic E-state index is 0.00449. The summed E-state index contributed by atoms with van der Waals surface area (Å²) >= 11 is 0. The Morgan fingerprint density at radius 3 is 2.53 bits per heavy atom. The Labute approximate surface area is 112 Å². The molecule has 1 heterocycles. The van der Waals surface area contributed by atoms with Gasteiger partial charge in [-0.05, 0) is 55.7 Å². The minimum Gasteiger partial charge on any atom is -0.399 e. The lowest BCUT2D eigenvalue weighted by atomic mass is 10.1. The molecule has 19 heavy (non-hydrogen) atoms. The number of aliphatic hydroxyl groups excluding tert-OH is 1. The summed E-state index contributed by atoms with van der Waals surface area (Å²) in [6.07, 6.45) is 5.28. The van der Waals surface area contributed by atoms with E-state index in [9.17, 15) is 5.11 Å². The van der Waals surface area contributed by atoms with Gasteiger partial charge >= 0.3 is 0 Å². The third-order valence-electron chi connectivity index (χ3n) is 4.44. The van der Waals surface area contributed by atoms with E-state index in [1.54, 1.807) is 0 Å². The number of imidazole rings is 1. The highest BCUT2D eigenvalue weighted by molar-refractivity contribution is 5.79. The van der Waals surface area contributed by atoms with Crippen molar-refractivity contribution in [1.29, 1.82) is 0 Å².